The Balaban J connectivity index is 1.93. The van der Waals surface area contributed by atoms with Crippen LogP contribution in [-0.2, 0) is 13.0 Å². The van der Waals surface area contributed by atoms with Crippen LogP contribution in [0.5, 0.6) is 0 Å². The minimum Gasteiger partial charge on any atom is -0.366 e. The molecule has 3 aromatic carbocycles. The van der Waals surface area contributed by atoms with Crippen molar-refractivity contribution < 1.29 is 4.79 Å². The van der Waals surface area contributed by atoms with E-state index in [0.29, 0.717) is 22.2 Å². The molecule has 2 N–H and O–H groups in total. The van der Waals surface area contributed by atoms with Crippen LogP contribution in [0.1, 0.15) is 47.7 Å². The highest BCUT2D eigenvalue weighted by Crippen LogP contribution is 2.33. The summed E-state index contributed by atoms with van der Waals surface area (Å²) in [7, 11) is 0. The van der Waals surface area contributed by atoms with E-state index >= 15 is 0 Å². The fourth-order valence-corrected chi connectivity index (χ4v) is 4.65. The predicted octanol–water partition coefficient (Wildman–Crippen LogP) is 6.78. The van der Waals surface area contributed by atoms with Gasteiger partial charge in [-0.1, -0.05) is 55.1 Å². The second-order valence-electron chi connectivity index (χ2n) is 7.65. The zero-order valence-electron chi connectivity index (χ0n) is 16.8. The van der Waals surface area contributed by atoms with Crippen LogP contribution in [0.25, 0.3) is 21.8 Å². The summed E-state index contributed by atoms with van der Waals surface area (Å²) in [6, 6.07) is 18.9. The number of carbonyl (C=O) groups is 1. The number of rotatable bonds is 7. The minimum absolute atomic E-state index is 0.439. The fourth-order valence-electron chi connectivity index (χ4n) is 4.08. The normalized spacial score (nSPS) is 11.4. The van der Waals surface area contributed by atoms with Crippen LogP contribution in [0.2, 0.25) is 10.0 Å². The van der Waals surface area contributed by atoms with Crippen molar-refractivity contribution in [3.8, 4) is 0 Å². The van der Waals surface area contributed by atoms with Crippen molar-refractivity contribution >= 4 is 50.9 Å². The number of unbranched alkanes of at least 4 members (excludes halogenated alkanes) is 2. The average Bonchev–Trinajstić information content (AvgIpc) is 3.00. The number of aromatic nitrogens is 1. The number of primary amides is 1. The predicted molar refractivity (Wildman–Crippen MR) is 126 cm³/mol. The maximum Gasteiger partial charge on any atom is 0.249 e. The summed E-state index contributed by atoms with van der Waals surface area (Å²) in [5, 5.41) is 2.95. The van der Waals surface area contributed by atoms with Crippen LogP contribution < -0.4 is 5.73 Å². The highest BCUT2D eigenvalue weighted by Gasteiger charge is 2.17. The molecule has 5 heteroatoms. The number of halogens is 2. The van der Waals surface area contributed by atoms with Crippen molar-refractivity contribution in [3.05, 3.63) is 81.3 Å². The van der Waals surface area contributed by atoms with Crippen molar-refractivity contribution in [1.82, 2.24) is 4.57 Å². The van der Waals surface area contributed by atoms with Crippen LogP contribution in [0.3, 0.4) is 0 Å². The molecule has 0 bridgehead atoms. The standard InChI is InChI=1S/C25H23Cl2N2O/c1-2-3-4-6-16-9-10-20-23(13-16)29(15-17-11-18(26)14-19(27)12-17)22-8-5-7-21(24(20)22)25(28)30/h5,7-9,11-14H,2-4,6,15H2,1H3,(H2,28,30). The molecule has 0 unspecified atom stereocenters. The molecule has 1 aromatic heterocycles. The maximum atomic E-state index is 12.1. The Labute approximate surface area is 186 Å². The van der Waals surface area contributed by atoms with Gasteiger partial charge in [-0.3, -0.25) is 4.79 Å². The monoisotopic (exact) mass is 437 g/mol. The van der Waals surface area contributed by atoms with Gasteiger partial charge in [0.2, 0.25) is 5.91 Å². The van der Waals surface area contributed by atoms with E-state index in [-0.39, 0.29) is 0 Å². The molecule has 0 saturated heterocycles. The lowest BCUT2D eigenvalue weighted by atomic mass is 10.0. The molecular weight excluding hydrogens is 415 g/mol. The van der Waals surface area contributed by atoms with E-state index in [1.165, 1.54) is 18.4 Å². The molecule has 0 saturated carbocycles. The molecule has 1 radical (unpaired) electrons. The first-order valence-electron chi connectivity index (χ1n) is 10.2. The Morgan fingerprint density at radius 1 is 1.03 bits per heavy atom. The molecule has 30 heavy (non-hydrogen) atoms. The number of nitrogens with two attached hydrogens (primary N) is 1. The van der Waals surface area contributed by atoms with E-state index in [0.717, 1.165) is 40.2 Å². The van der Waals surface area contributed by atoms with Crippen molar-refractivity contribution in [3.63, 3.8) is 0 Å². The zero-order valence-corrected chi connectivity index (χ0v) is 18.4. The van der Waals surface area contributed by atoms with Crippen molar-refractivity contribution in [2.24, 2.45) is 5.73 Å². The summed E-state index contributed by atoms with van der Waals surface area (Å²) in [5.41, 5.74) is 10.4. The number of hydrogen-bond donors (Lipinski definition) is 1. The average molecular weight is 438 g/mol. The van der Waals surface area contributed by atoms with Crippen LogP contribution in [0.15, 0.2) is 48.5 Å². The highest BCUT2D eigenvalue weighted by atomic mass is 35.5. The van der Waals surface area contributed by atoms with Gasteiger partial charge >= 0.3 is 0 Å². The molecule has 0 fully saturated rings. The van der Waals surface area contributed by atoms with Crippen molar-refractivity contribution in [2.75, 3.05) is 0 Å². The number of fused-ring (bicyclic) bond motifs is 3. The number of aryl methyl sites for hydroxylation is 1. The minimum atomic E-state index is -0.439. The number of amides is 1. The Morgan fingerprint density at radius 2 is 1.80 bits per heavy atom. The van der Waals surface area contributed by atoms with E-state index < -0.39 is 5.91 Å². The van der Waals surface area contributed by atoms with E-state index in [2.05, 4.69) is 23.6 Å². The Kier molecular flexibility index (Phi) is 6.03. The molecule has 4 aromatic rings. The number of benzene rings is 3. The van der Waals surface area contributed by atoms with E-state index in [9.17, 15) is 4.79 Å². The van der Waals surface area contributed by atoms with Gasteiger partial charge in [0.1, 0.15) is 0 Å². The van der Waals surface area contributed by atoms with Crippen molar-refractivity contribution in [2.45, 2.75) is 39.2 Å². The largest absolute Gasteiger partial charge is 0.366 e. The zero-order chi connectivity index (χ0) is 21.3. The molecule has 1 amide bonds. The summed E-state index contributed by atoms with van der Waals surface area (Å²) in [6.07, 6.45) is 4.54. The molecule has 0 atom stereocenters. The van der Waals surface area contributed by atoms with Gasteiger partial charge in [0, 0.05) is 32.9 Å². The van der Waals surface area contributed by atoms with Gasteiger partial charge in [0.05, 0.1) is 11.0 Å². The fraction of sp³-hybridized carbons (Fsp3) is 0.240. The number of carbonyl (C=O) groups excluding carboxylic acids is 1. The second kappa shape index (κ2) is 8.71. The first kappa shape index (κ1) is 20.8. The van der Waals surface area contributed by atoms with E-state index in [1.807, 2.05) is 30.3 Å². The molecule has 0 aliphatic rings. The number of nitrogens with zero attached hydrogens (tertiary/aromatic N) is 1. The Hall–Kier alpha value is -2.49. The summed E-state index contributed by atoms with van der Waals surface area (Å²) in [6.45, 7) is 2.78. The topological polar surface area (TPSA) is 48.0 Å². The molecule has 0 aliphatic heterocycles. The smallest absolute Gasteiger partial charge is 0.249 e. The van der Waals surface area contributed by atoms with Crippen LogP contribution in [0.4, 0.5) is 0 Å². The SMILES string of the molecule is CCCCCc1c[c]c2c3c(C(N)=O)cccc3n(Cc3cc(Cl)cc(Cl)c3)c2c1. The molecule has 0 aliphatic carbocycles. The third-order valence-corrected chi connectivity index (χ3v) is 5.89. The lowest BCUT2D eigenvalue weighted by Gasteiger charge is -2.10. The van der Waals surface area contributed by atoms with Gasteiger partial charge in [-0.15, -0.1) is 0 Å². The van der Waals surface area contributed by atoms with Gasteiger partial charge in [0.15, 0.2) is 0 Å². The van der Waals surface area contributed by atoms with E-state index in [1.54, 1.807) is 12.1 Å². The molecule has 1 heterocycles. The first-order valence-corrected chi connectivity index (χ1v) is 10.9. The van der Waals surface area contributed by atoms with Gasteiger partial charge in [0.25, 0.3) is 0 Å². The number of hydrogen-bond acceptors (Lipinski definition) is 1. The van der Waals surface area contributed by atoms with Gasteiger partial charge in [-0.2, -0.15) is 0 Å². The molecular formula is C25H23Cl2N2O. The summed E-state index contributed by atoms with van der Waals surface area (Å²) in [5.74, 6) is -0.439. The Bertz CT molecular complexity index is 1220. The first-order chi connectivity index (χ1) is 14.5. The summed E-state index contributed by atoms with van der Waals surface area (Å²) >= 11 is 12.5. The maximum absolute atomic E-state index is 12.1. The van der Waals surface area contributed by atoms with Gasteiger partial charge in [-0.05, 0) is 66.4 Å². The second-order valence-corrected chi connectivity index (χ2v) is 8.53. The summed E-state index contributed by atoms with van der Waals surface area (Å²) in [4.78, 5) is 12.1. The molecule has 3 nitrogen and oxygen atoms in total. The summed E-state index contributed by atoms with van der Waals surface area (Å²) < 4.78 is 2.19. The van der Waals surface area contributed by atoms with Crippen LogP contribution >= 0.6 is 23.2 Å². The Morgan fingerprint density at radius 3 is 2.50 bits per heavy atom. The molecule has 0 spiro atoms. The molecule has 4 rings (SSSR count). The van der Waals surface area contributed by atoms with Crippen LogP contribution in [-0.4, -0.2) is 10.5 Å². The highest BCUT2D eigenvalue weighted by molar-refractivity contribution is 6.34. The lowest BCUT2D eigenvalue weighted by Crippen LogP contribution is -2.11. The quantitative estimate of drug-likeness (QED) is 0.318. The third kappa shape index (κ3) is 4.05. The van der Waals surface area contributed by atoms with Gasteiger partial charge in [-0.25, -0.2) is 0 Å². The molecule has 153 valence electrons. The van der Waals surface area contributed by atoms with Gasteiger partial charge < -0.3 is 10.3 Å². The van der Waals surface area contributed by atoms with E-state index in [4.69, 9.17) is 28.9 Å². The van der Waals surface area contributed by atoms with Crippen LogP contribution in [0, 0.1) is 6.07 Å². The lowest BCUT2D eigenvalue weighted by molar-refractivity contribution is 0.100. The third-order valence-electron chi connectivity index (χ3n) is 5.45. The van der Waals surface area contributed by atoms with Crippen molar-refractivity contribution in [1.29, 1.82) is 0 Å².